The van der Waals surface area contributed by atoms with Crippen molar-refractivity contribution in [3.05, 3.63) is 352 Å². The van der Waals surface area contributed by atoms with Crippen molar-refractivity contribution in [1.82, 2.24) is 35.9 Å². The molecule has 8 heteroatoms. The normalized spacial score (nSPS) is 13.0. The van der Waals surface area contributed by atoms with E-state index in [1.165, 1.54) is 245 Å². The molecule has 8 nitrogen and oxygen atoms in total. The molecule has 0 fully saturated rings. The van der Waals surface area contributed by atoms with Crippen LogP contribution in [0.2, 0.25) is 0 Å². The molecule has 530 valence electrons. The lowest BCUT2D eigenvalue weighted by molar-refractivity contribution is 1.18. The number of rotatable bonds is 5. The van der Waals surface area contributed by atoms with Crippen LogP contribution < -0.4 is 0 Å². The van der Waals surface area contributed by atoms with Crippen molar-refractivity contribution in [2.75, 3.05) is 0 Å². The molecule has 0 aliphatic carbocycles. The van der Waals surface area contributed by atoms with Crippen LogP contribution in [0.5, 0.6) is 0 Å². The molecule has 0 amide bonds. The summed E-state index contributed by atoms with van der Waals surface area (Å²) in [5.41, 5.74) is 31.1. The van der Waals surface area contributed by atoms with E-state index in [1.54, 1.807) is 0 Å². The lowest BCUT2D eigenvalue weighted by Gasteiger charge is -2.12. The molecule has 0 aliphatic rings. The molecule has 0 spiro atoms. The molecular formula is C108H58N8. The van der Waals surface area contributed by atoms with Crippen molar-refractivity contribution in [3.8, 4) is 33.9 Å². The fourth-order valence-corrected chi connectivity index (χ4v) is 23.0. The maximum absolute atomic E-state index is 2.65. The number of para-hydroxylation sites is 10. The second-order valence-corrected chi connectivity index (χ2v) is 32.5. The van der Waals surface area contributed by atoms with Crippen LogP contribution in [0.4, 0.5) is 0 Å². The molecule has 0 aliphatic heterocycles. The Morgan fingerprint density at radius 3 is 0.879 bits per heavy atom. The Kier molecular flexibility index (Phi) is 10.5. The van der Waals surface area contributed by atoms with Gasteiger partial charge in [0.05, 0.1) is 110 Å². The predicted octanol–water partition coefficient (Wildman–Crippen LogP) is 28.3. The van der Waals surface area contributed by atoms with Gasteiger partial charge in [0.25, 0.3) is 0 Å². The van der Waals surface area contributed by atoms with Crippen LogP contribution in [-0.4, -0.2) is 35.9 Å². The van der Waals surface area contributed by atoms with Gasteiger partial charge in [-0.3, -0.25) is 0 Å². The van der Waals surface area contributed by atoms with E-state index in [1.807, 2.05) is 0 Å². The smallest absolute Gasteiger partial charge is 0.0642 e. The Morgan fingerprint density at radius 1 is 0.129 bits per heavy atom. The second-order valence-electron chi connectivity index (χ2n) is 32.5. The highest BCUT2D eigenvalue weighted by atomic mass is 15.0. The van der Waals surface area contributed by atoms with E-state index in [-0.39, 0.29) is 0 Å². The fourth-order valence-electron chi connectivity index (χ4n) is 23.0. The number of nitrogens with zero attached hydrogens (tertiary/aromatic N) is 8. The minimum absolute atomic E-state index is 1.11. The lowest BCUT2D eigenvalue weighted by atomic mass is 9.96. The maximum Gasteiger partial charge on any atom is 0.0642 e. The number of hydrogen-bond acceptors (Lipinski definition) is 0. The summed E-state index contributed by atoms with van der Waals surface area (Å²) in [6.45, 7) is 0. The quantitative estimate of drug-likeness (QED) is 0.165. The predicted molar refractivity (Wildman–Crippen MR) is 488 cm³/mol. The van der Waals surface area contributed by atoms with Gasteiger partial charge in [-0.25, -0.2) is 0 Å². The monoisotopic (exact) mass is 1470 g/mol. The minimum Gasteiger partial charge on any atom is -0.309 e. The van der Waals surface area contributed by atoms with Gasteiger partial charge in [0.1, 0.15) is 0 Å². The zero-order chi connectivity index (χ0) is 74.5. The van der Waals surface area contributed by atoms with Gasteiger partial charge in [-0.05, 0) is 157 Å². The SMILES string of the molecule is c1ccc(-n2c3ccccc3c3c4c5cc6c(cc5n5c7ccccc7c(cc32)c45)c2c3c4ccccc4n(-c4cccc(-c5cccc7c5c5cc8c9ccccc9n(-c9ccccc9)c8c8c9cc%10c(cc9n7c58)c5c7c(cc8c9ccccc9n%10c85)c5ccccc5n7-c5ccccc5)c4)c3cc3c4ccccc4n6c32)cc1. The van der Waals surface area contributed by atoms with Gasteiger partial charge in [0.15, 0.2) is 0 Å². The van der Waals surface area contributed by atoms with Crippen molar-refractivity contribution in [3.63, 3.8) is 0 Å². The van der Waals surface area contributed by atoms with Crippen LogP contribution >= 0.6 is 0 Å². The molecule has 0 saturated carbocycles. The summed E-state index contributed by atoms with van der Waals surface area (Å²) in [6, 6.07) is 133. The first-order chi connectivity index (χ1) is 57.6. The van der Waals surface area contributed by atoms with E-state index in [2.05, 4.69) is 388 Å². The Labute approximate surface area is 656 Å². The Bertz CT molecular complexity index is 9710. The third-order valence-electron chi connectivity index (χ3n) is 27.2. The van der Waals surface area contributed by atoms with E-state index >= 15 is 0 Å². The molecule has 0 bridgehead atoms. The van der Waals surface area contributed by atoms with Gasteiger partial charge < -0.3 is 35.9 Å². The summed E-state index contributed by atoms with van der Waals surface area (Å²) in [5.74, 6) is 0. The highest BCUT2D eigenvalue weighted by molar-refractivity contribution is 6.43. The summed E-state index contributed by atoms with van der Waals surface area (Å²) in [4.78, 5) is 0. The highest BCUT2D eigenvalue weighted by Gasteiger charge is 2.33. The zero-order valence-electron chi connectivity index (χ0n) is 62.1. The fraction of sp³-hybridized carbons (Fsp3) is 0. The van der Waals surface area contributed by atoms with Crippen LogP contribution in [0.1, 0.15) is 0 Å². The van der Waals surface area contributed by atoms with E-state index in [0.29, 0.717) is 0 Å². The van der Waals surface area contributed by atoms with Crippen LogP contribution in [0.3, 0.4) is 0 Å². The molecular weight excluding hydrogens is 1410 g/mol. The number of fused-ring (bicyclic) bond motifs is 40. The van der Waals surface area contributed by atoms with Crippen molar-refractivity contribution >= 4 is 240 Å². The summed E-state index contributed by atoms with van der Waals surface area (Å²) in [7, 11) is 0. The molecule has 0 unspecified atom stereocenters. The summed E-state index contributed by atoms with van der Waals surface area (Å²) in [6.07, 6.45) is 0. The molecule has 30 aromatic rings. The zero-order valence-corrected chi connectivity index (χ0v) is 62.1. The van der Waals surface area contributed by atoms with E-state index in [0.717, 1.165) is 28.3 Å². The molecule has 12 heterocycles. The van der Waals surface area contributed by atoms with Crippen LogP contribution in [-0.2, 0) is 0 Å². The van der Waals surface area contributed by atoms with Crippen molar-refractivity contribution in [2.45, 2.75) is 0 Å². The number of benzene rings is 18. The third kappa shape index (κ3) is 6.83. The Morgan fingerprint density at radius 2 is 0.422 bits per heavy atom. The first-order valence-corrected chi connectivity index (χ1v) is 40.3. The van der Waals surface area contributed by atoms with Gasteiger partial charge in [0, 0.05) is 152 Å². The van der Waals surface area contributed by atoms with Crippen molar-refractivity contribution < 1.29 is 0 Å². The van der Waals surface area contributed by atoms with Gasteiger partial charge in [-0.1, -0.05) is 206 Å². The van der Waals surface area contributed by atoms with Crippen molar-refractivity contribution in [1.29, 1.82) is 0 Å². The van der Waals surface area contributed by atoms with Gasteiger partial charge in [-0.2, -0.15) is 0 Å². The Balaban J connectivity index is 0.705. The van der Waals surface area contributed by atoms with Gasteiger partial charge in [-0.15, -0.1) is 0 Å². The largest absolute Gasteiger partial charge is 0.309 e. The molecule has 0 atom stereocenters. The molecule has 18 aromatic carbocycles. The molecule has 0 radical (unpaired) electrons. The first-order valence-electron chi connectivity index (χ1n) is 40.3. The maximum atomic E-state index is 2.65. The average molecular weight is 1470 g/mol. The van der Waals surface area contributed by atoms with Gasteiger partial charge in [0.2, 0.25) is 0 Å². The summed E-state index contributed by atoms with van der Waals surface area (Å²) < 4.78 is 20.6. The number of hydrogen-bond donors (Lipinski definition) is 0. The van der Waals surface area contributed by atoms with Crippen LogP contribution in [0, 0.1) is 0 Å². The molecule has 116 heavy (non-hydrogen) atoms. The molecule has 12 aromatic heterocycles. The van der Waals surface area contributed by atoms with E-state index in [9.17, 15) is 0 Å². The average Bonchev–Trinajstić information content (AvgIpc) is 1.50. The topological polar surface area (TPSA) is 37.4 Å². The molecule has 30 rings (SSSR count). The third-order valence-corrected chi connectivity index (χ3v) is 27.2. The second kappa shape index (κ2) is 20.5. The molecule has 0 saturated heterocycles. The lowest BCUT2D eigenvalue weighted by Crippen LogP contribution is -1.94. The van der Waals surface area contributed by atoms with E-state index in [4.69, 9.17) is 0 Å². The van der Waals surface area contributed by atoms with E-state index < -0.39 is 0 Å². The Hall–Kier alpha value is -15.6. The summed E-state index contributed by atoms with van der Waals surface area (Å²) in [5, 5.41) is 30.1. The first kappa shape index (κ1) is 59.2. The number of aromatic nitrogens is 8. The minimum atomic E-state index is 1.11. The van der Waals surface area contributed by atoms with Crippen molar-refractivity contribution in [2.24, 2.45) is 0 Å². The molecule has 0 N–H and O–H groups in total. The highest BCUT2D eigenvalue weighted by Crippen LogP contribution is 2.56. The van der Waals surface area contributed by atoms with Gasteiger partial charge >= 0.3 is 0 Å². The summed E-state index contributed by atoms with van der Waals surface area (Å²) >= 11 is 0. The van der Waals surface area contributed by atoms with Crippen LogP contribution in [0.15, 0.2) is 352 Å². The standard InChI is InChI=1S/C108H58N8/c1-4-27-60(28-5-1)109-87-47-22-15-39-70(87)97-94(109)53-75-68-37-13-20-45-85(68)113-90-56-78-91(55-77(90)99(97)103(75)113)114-86-46-21-14-38-69(86)76-54-95-98(100(78)104(76)114)71-40-16-23-48-88(71)110(95)63-33-24-26-59(50-63)64-41-25-49-89-96(64)81-52-74-66-35-11-18-43-83(66)112(62-31-8-3-9-32-62)106(74)102-80-57-92-79(58-93(80)116(89)108(81)102)101-105-72(51-73-67-36-12-19-44-84(67)115(92)107(73)101)65-34-10-17-42-82(65)111(105)61-29-6-2-7-30-61/h1-58H. The van der Waals surface area contributed by atoms with Crippen LogP contribution in [0.25, 0.3) is 273 Å².